The van der Waals surface area contributed by atoms with Gasteiger partial charge in [-0.05, 0) is 24.6 Å². The van der Waals surface area contributed by atoms with Crippen molar-refractivity contribution in [2.24, 2.45) is 0 Å². The van der Waals surface area contributed by atoms with Gasteiger partial charge >= 0.3 is 0 Å². The number of rotatable bonds is 4. The molecule has 1 aromatic heterocycles. The molecule has 0 radical (unpaired) electrons. The number of carbonyl (C=O) groups is 1. The summed E-state index contributed by atoms with van der Waals surface area (Å²) in [6.45, 7) is 2.01. The largest absolute Gasteiger partial charge is 0.334 e. The topological polar surface area (TPSA) is 33.2 Å². The van der Waals surface area contributed by atoms with Crippen molar-refractivity contribution in [3.8, 4) is 10.6 Å². The molecule has 0 aliphatic heterocycles. The van der Waals surface area contributed by atoms with Gasteiger partial charge in [0.05, 0.1) is 6.04 Å². The van der Waals surface area contributed by atoms with Gasteiger partial charge in [-0.1, -0.05) is 54.1 Å². The van der Waals surface area contributed by atoms with Crippen molar-refractivity contribution < 1.29 is 4.79 Å². The van der Waals surface area contributed by atoms with Crippen molar-refractivity contribution in [3.63, 3.8) is 0 Å². The van der Waals surface area contributed by atoms with Crippen LogP contribution in [0.4, 0.5) is 0 Å². The monoisotopic (exact) mass is 356 g/mol. The standard InChI is InChI=1S/C19H17ClN2OS/c1-13(14-6-4-3-5-7-14)22(2)19(23)17-12-24-18(21-17)15-8-10-16(20)11-9-15/h3-13H,1-2H3. The number of halogens is 1. The average molecular weight is 357 g/mol. The Kier molecular flexibility index (Phi) is 4.97. The van der Waals surface area contributed by atoms with Crippen LogP contribution in [0.2, 0.25) is 5.02 Å². The molecular weight excluding hydrogens is 340 g/mol. The van der Waals surface area contributed by atoms with E-state index in [0.29, 0.717) is 10.7 Å². The molecule has 0 saturated carbocycles. The van der Waals surface area contributed by atoms with Crippen LogP contribution < -0.4 is 0 Å². The summed E-state index contributed by atoms with van der Waals surface area (Å²) in [4.78, 5) is 18.9. The van der Waals surface area contributed by atoms with E-state index in [1.54, 1.807) is 17.3 Å². The molecule has 0 spiro atoms. The predicted molar refractivity (Wildman–Crippen MR) is 99.5 cm³/mol. The number of carbonyl (C=O) groups excluding carboxylic acids is 1. The number of hydrogen-bond acceptors (Lipinski definition) is 3. The maximum atomic E-state index is 12.7. The highest BCUT2D eigenvalue weighted by molar-refractivity contribution is 7.13. The summed E-state index contributed by atoms with van der Waals surface area (Å²) >= 11 is 7.37. The van der Waals surface area contributed by atoms with Crippen LogP contribution in [0.3, 0.4) is 0 Å². The Balaban J connectivity index is 1.79. The van der Waals surface area contributed by atoms with E-state index < -0.39 is 0 Å². The van der Waals surface area contributed by atoms with E-state index in [0.717, 1.165) is 16.1 Å². The molecule has 0 aliphatic carbocycles. The van der Waals surface area contributed by atoms with Crippen molar-refractivity contribution in [2.75, 3.05) is 7.05 Å². The first kappa shape index (κ1) is 16.7. The van der Waals surface area contributed by atoms with E-state index in [4.69, 9.17) is 11.6 Å². The zero-order valence-electron chi connectivity index (χ0n) is 13.4. The van der Waals surface area contributed by atoms with E-state index >= 15 is 0 Å². The van der Waals surface area contributed by atoms with Crippen LogP contribution in [0, 0.1) is 0 Å². The van der Waals surface area contributed by atoms with Crippen molar-refractivity contribution in [1.82, 2.24) is 9.88 Å². The van der Waals surface area contributed by atoms with Crippen LogP contribution in [0.5, 0.6) is 0 Å². The second-order valence-corrected chi connectivity index (χ2v) is 6.84. The van der Waals surface area contributed by atoms with E-state index in [2.05, 4.69) is 4.98 Å². The summed E-state index contributed by atoms with van der Waals surface area (Å²) in [6, 6.07) is 17.4. The molecular formula is C19H17ClN2OS. The highest BCUT2D eigenvalue weighted by Crippen LogP contribution is 2.27. The highest BCUT2D eigenvalue weighted by Gasteiger charge is 2.21. The van der Waals surface area contributed by atoms with Gasteiger partial charge in [0.15, 0.2) is 0 Å². The fourth-order valence-electron chi connectivity index (χ4n) is 2.41. The van der Waals surface area contributed by atoms with Gasteiger partial charge in [0.2, 0.25) is 0 Å². The van der Waals surface area contributed by atoms with Crippen molar-refractivity contribution >= 4 is 28.8 Å². The van der Waals surface area contributed by atoms with Crippen LogP contribution >= 0.6 is 22.9 Å². The molecule has 0 saturated heterocycles. The quantitative estimate of drug-likeness (QED) is 0.635. The Bertz CT molecular complexity index is 830. The van der Waals surface area contributed by atoms with E-state index in [1.165, 1.54) is 11.3 Å². The first-order valence-electron chi connectivity index (χ1n) is 7.60. The number of amides is 1. The van der Waals surface area contributed by atoms with Gasteiger partial charge in [0.25, 0.3) is 5.91 Å². The number of nitrogens with zero attached hydrogens (tertiary/aromatic N) is 2. The van der Waals surface area contributed by atoms with Crippen molar-refractivity contribution in [3.05, 3.63) is 76.3 Å². The second-order valence-electron chi connectivity index (χ2n) is 5.55. The van der Waals surface area contributed by atoms with Crippen LogP contribution in [0.25, 0.3) is 10.6 Å². The third kappa shape index (κ3) is 3.50. The first-order chi connectivity index (χ1) is 11.6. The second kappa shape index (κ2) is 7.16. The molecule has 1 amide bonds. The lowest BCUT2D eigenvalue weighted by Crippen LogP contribution is -2.29. The van der Waals surface area contributed by atoms with Gasteiger partial charge in [-0.3, -0.25) is 4.79 Å². The minimum absolute atomic E-state index is 0.0145. The van der Waals surface area contributed by atoms with Crippen LogP contribution in [0.15, 0.2) is 60.0 Å². The molecule has 1 heterocycles. The SMILES string of the molecule is CC(c1ccccc1)N(C)C(=O)c1csc(-c2ccc(Cl)cc2)n1. The number of benzene rings is 2. The lowest BCUT2D eigenvalue weighted by molar-refractivity contribution is 0.0737. The molecule has 5 heteroatoms. The minimum atomic E-state index is -0.0807. The zero-order valence-corrected chi connectivity index (χ0v) is 15.0. The molecule has 0 aliphatic rings. The van der Waals surface area contributed by atoms with Gasteiger partial charge in [0.1, 0.15) is 10.7 Å². The van der Waals surface area contributed by atoms with Gasteiger partial charge in [0, 0.05) is 23.0 Å². The Hall–Kier alpha value is -2.17. The zero-order chi connectivity index (χ0) is 17.1. The van der Waals surface area contributed by atoms with E-state index in [-0.39, 0.29) is 11.9 Å². The highest BCUT2D eigenvalue weighted by atomic mass is 35.5. The first-order valence-corrected chi connectivity index (χ1v) is 8.85. The average Bonchev–Trinajstić information content (AvgIpc) is 3.11. The number of hydrogen-bond donors (Lipinski definition) is 0. The fourth-order valence-corrected chi connectivity index (χ4v) is 3.33. The molecule has 2 aromatic carbocycles. The summed E-state index contributed by atoms with van der Waals surface area (Å²) in [5.41, 5.74) is 2.53. The molecule has 0 fully saturated rings. The number of aromatic nitrogens is 1. The van der Waals surface area contributed by atoms with E-state index in [9.17, 15) is 4.79 Å². The third-order valence-corrected chi connectivity index (χ3v) is 5.14. The lowest BCUT2D eigenvalue weighted by Gasteiger charge is -2.24. The minimum Gasteiger partial charge on any atom is -0.334 e. The third-order valence-electron chi connectivity index (χ3n) is 4.00. The fraction of sp³-hybridized carbons (Fsp3) is 0.158. The van der Waals surface area contributed by atoms with Gasteiger partial charge in [-0.15, -0.1) is 11.3 Å². The molecule has 122 valence electrons. The molecule has 24 heavy (non-hydrogen) atoms. The van der Waals surface area contributed by atoms with Crippen molar-refractivity contribution in [1.29, 1.82) is 0 Å². The maximum Gasteiger partial charge on any atom is 0.273 e. The normalized spacial score (nSPS) is 12.0. The maximum absolute atomic E-state index is 12.7. The smallest absolute Gasteiger partial charge is 0.273 e. The number of thiazole rings is 1. The molecule has 3 nitrogen and oxygen atoms in total. The summed E-state index contributed by atoms with van der Waals surface area (Å²) in [6.07, 6.45) is 0. The lowest BCUT2D eigenvalue weighted by atomic mass is 10.1. The van der Waals surface area contributed by atoms with Crippen molar-refractivity contribution in [2.45, 2.75) is 13.0 Å². The van der Waals surface area contributed by atoms with Crippen LogP contribution in [-0.2, 0) is 0 Å². The molecule has 1 atom stereocenters. The summed E-state index contributed by atoms with van der Waals surface area (Å²) in [7, 11) is 1.81. The van der Waals surface area contributed by atoms with Crippen LogP contribution in [-0.4, -0.2) is 22.8 Å². The molecule has 3 rings (SSSR count). The Morgan fingerprint density at radius 1 is 1.12 bits per heavy atom. The van der Waals surface area contributed by atoms with Gasteiger partial charge in [-0.25, -0.2) is 4.98 Å². The Morgan fingerprint density at radius 3 is 2.46 bits per heavy atom. The summed E-state index contributed by atoms with van der Waals surface area (Å²) in [5, 5.41) is 3.30. The molecule has 0 N–H and O–H groups in total. The van der Waals surface area contributed by atoms with E-state index in [1.807, 2.05) is 61.5 Å². The summed E-state index contributed by atoms with van der Waals surface area (Å²) in [5.74, 6) is -0.0807. The molecule has 1 unspecified atom stereocenters. The Labute approximate surface area is 150 Å². The molecule has 0 bridgehead atoms. The van der Waals surface area contributed by atoms with Gasteiger partial charge < -0.3 is 4.90 Å². The summed E-state index contributed by atoms with van der Waals surface area (Å²) < 4.78 is 0. The predicted octanol–water partition coefficient (Wildman–Crippen LogP) is 5.30. The Morgan fingerprint density at radius 2 is 1.79 bits per heavy atom. The van der Waals surface area contributed by atoms with Crippen LogP contribution in [0.1, 0.15) is 29.0 Å². The molecule has 3 aromatic rings. The van der Waals surface area contributed by atoms with Gasteiger partial charge in [-0.2, -0.15) is 0 Å².